The van der Waals surface area contributed by atoms with Crippen LogP contribution in [0.4, 0.5) is 5.95 Å². The minimum atomic E-state index is -3.58. The zero-order chi connectivity index (χ0) is 14.1. The lowest BCUT2D eigenvalue weighted by Crippen LogP contribution is -2.35. The van der Waals surface area contributed by atoms with Crippen molar-refractivity contribution in [1.29, 1.82) is 0 Å². The lowest BCUT2D eigenvalue weighted by atomic mass is 10.4. The van der Waals surface area contributed by atoms with Gasteiger partial charge in [-0.15, -0.1) is 0 Å². The van der Waals surface area contributed by atoms with E-state index in [0.717, 1.165) is 25.9 Å². The standard InChI is InChI=1S/C11H21N5O2S/c1-3-6-12-7-5-10-16(2)19(17,18)15-11-13-8-4-9-14-11/h4,8-9,12H,3,5-7,10H2,1-2H3,(H,13,14,15). The highest BCUT2D eigenvalue weighted by Gasteiger charge is 2.17. The summed E-state index contributed by atoms with van der Waals surface area (Å²) in [6.45, 7) is 4.29. The van der Waals surface area contributed by atoms with Crippen LogP contribution in [-0.4, -0.2) is 49.4 Å². The summed E-state index contributed by atoms with van der Waals surface area (Å²) >= 11 is 0. The molecule has 1 aromatic heterocycles. The van der Waals surface area contributed by atoms with E-state index in [1.807, 2.05) is 0 Å². The molecular weight excluding hydrogens is 266 g/mol. The SMILES string of the molecule is CCCNCCCN(C)S(=O)(=O)Nc1ncccn1. The average Bonchev–Trinajstić information content (AvgIpc) is 2.39. The van der Waals surface area contributed by atoms with E-state index < -0.39 is 10.2 Å². The maximum Gasteiger partial charge on any atom is 0.303 e. The highest BCUT2D eigenvalue weighted by Crippen LogP contribution is 2.03. The molecule has 0 spiro atoms. The molecule has 7 nitrogen and oxygen atoms in total. The van der Waals surface area contributed by atoms with Crippen molar-refractivity contribution in [3.05, 3.63) is 18.5 Å². The molecule has 0 aliphatic carbocycles. The summed E-state index contributed by atoms with van der Waals surface area (Å²) in [6.07, 6.45) is 4.80. The largest absolute Gasteiger partial charge is 0.317 e. The van der Waals surface area contributed by atoms with Crippen molar-refractivity contribution in [2.24, 2.45) is 0 Å². The molecule has 19 heavy (non-hydrogen) atoms. The highest BCUT2D eigenvalue weighted by molar-refractivity contribution is 7.90. The Balaban J connectivity index is 2.39. The van der Waals surface area contributed by atoms with Crippen LogP contribution >= 0.6 is 0 Å². The molecule has 0 atom stereocenters. The summed E-state index contributed by atoms with van der Waals surface area (Å²) in [5.41, 5.74) is 0. The first-order valence-corrected chi connectivity index (χ1v) is 7.72. The molecule has 2 N–H and O–H groups in total. The first-order valence-electron chi connectivity index (χ1n) is 6.28. The van der Waals surface area contributed by atoms with E-state index in [1.165, 1.54) is 23.7 Å². The fourth-order valence-corrected chi connectivity index (χ4v) is 2.26. The van der Waals surface area contributed by atoms with Crippen LogP contribution in [0.1, 0.15) is 19.8 Å². The Morgan fingerprint density at radius 3 is 2.58 bits per heavy atom. The molecule has 0 aliphatic rings. The van der Waals surface area contributed by atoms with Crippen molar-refractivity contribution < 1.29 is 8.42 Å². The van der Waals surface area contributed by atoms with Crippen molar-refractivity contribution in [2.45, 2.75) is 19.8 Å². The Morgan fingerprint density at radius 2 is 1.95 bits per heavy atom. The van der Waals surface area contributed by atoms with E-state index >= 15 is 0 Å². The fraction of sp³-hybridized carbons (Fsp3) is 0.636. The molecule has 0 saturated carbocycles. The van der Waals surface area contributed by atoms with Gasteiger partial charge in [-0.1, -0.05) is 6.92 Å². The van der Waals surface area contributed by atoms with Gasteiger partial charge in [-0.05, 0) is 32.0 Å². The van der Waals surface area contributed by atoms with Gasteiger partial charge in [-0.25, -0.2) is 14.7 Å². The van der Waals surface area contributed by atoms with E-state index in [0.29, 0.717) is 6.54 Å². The number of aromatic nitrogens is 2. The van der Waals surface area contributed by atoms with Gasteiger partial charge >= 0.3 is 10.2 Å². The predicted octanol–water partition coefficient (Wildman–Crippen LogP) is 0.455. The van der Waals surface area contributed by atoms with Gasteiger partial charge in [0, 0.05) is 26.0 Å². The Morgan fingerprint density at radius 1 is 1.26 bits per heavy atom. The van der Waals surface area contributed by atoms with Gasteiger partial charge in [0.25, 0.3) is 0 Å². The zero-order valence-corrected chi connectivity index (χ0v) is 12.2. The molecule has 0 aromatic carbocycles. The van der Waals surface area contributed by atoms with Crippen molar-refractivity contribution in [3.63, 3.8) is 0 Å². The summed E-state index contributed by atoms with van der Waals surface area (Å²) in [7, 11) is -2.04. The molecular formula is C11H21N5O2S. The molecule has 1 rings (SSSR count). The van der Waals surface area contributed by atoms with Crippen molar-refractivity contribution >= 4 is 16.2 Å². The van der Waals surface area contributed by atoms with Crippen LogP contribution in [0.5, 0.6) is 0 Å². The third-order valence-electron chi connectivity index (χ3n) is 2.45. The van der Waals surface area contributed by atoms with E-state index in [2.05, 4.69) is 26.9 Å². The molecule has 8 heteroatoms. The number of nitrogens with zero attached hydrogens (tertiary/aromatic N) is 3. The first kappa shape index (κ1) is 15.8. The molecule has 0 bridgehead atoms. The molecule has 108 valence electrons. The second-order valence-corrected chi connectivity index (χ2v) is 5.88. The van der Waals surface area contributed by atoms with Gasteiger partial charge in [0.2, 0.25) is 5.95 Å². The van der Waals surface area contributed by atoms with E-state index in [9.17, 15) is 8.42 Å². The van der Waals surface area contributed by atoms with Crippen LogP contribution in [0, 0.1) is 0 Å². The van der Waals surface area contributed by atoms with Gasteiger partial charge in [0.05, 0.1) is 0 Å². The molecule has 0 unspecified atom stereocenters. The van der Waals surface area contributed by atoms with Gasteiger partial charge in [0.1, 0.15) is 0 Å². The number of hydrogen-bond acceptors (Lipinski definition) is 5. The van der Waals surface area contributed by atoms with E-state index in [4.69, 9.17) is 0 Å². The number of hydrogen-bond donors (Lipinski definition) is 2. The lowest BCUT2D eigenvalue weighted by molar-refractivity contribution is 0.458. The summed E-state index contributed by atoms with van der Waals surface area (Å²) in [5, 5.41) is 3.22. The van der Waals surface area contributed by atoms with Crippen LogP contribution in [0.2, 0.25) is 0 Å². The zero-order valence-electron chi connectivity index (χ0n) is 11.3. The fourth-order valence-electron chi connectivity index (χ4n) is 1.39. The normalized spacial score (nSPS) is 11.7. The predicted molar refractivity (Wildman–Crippen MR) is 75.0 cm³/mol. The van der Waals surface area contributed by atoms with Crippen molar-refractivity contribution in [3.8, 4) is 0 Å². The van der Waals surface area contributed by atoms with Gasteiger partial charge < -0.3 is 5.32 Å². The first-order chi connectivity index (χ1) is 9.06. The summed E-state index contributed by atoms with van der Waals surface area (Å²) in [4.78, 5) is 7.65. The Bertz CT molecular complexity index is 451. The summed E-state index contributed by atoms with van der Waals surface area (Å²) in [5.74, 6) is 0.0819. The average molecular weight is 287 g/mol. The Hall–Kier alpha value is -1.25. The van der Waals surface area contributed by atoms with Gasteiger partial charge in [-0.3, -0.25) is 0 Å². The van der Waals surface area contributed by atoms with E-state index in [1.54, 1.807) is 6.07 Å². The number of rotatable bonds is 9. The van der Waals surface area contributed by atoms with Crippen LogP contribution in [0.15, 0.2) is 18.5 Å². The molecule has 0 amide bonds. The summed E-state index contributed by atoms with van der Waals surface area (Å²) < 4.78 is 27.5. The second kappa shape index (κ2) is 8.03. The topological polar surface area (TPSA) is 87.2 Å². The van der Waals surface area contributed by atoms with Crippen molar-refractivity contribution in [2.75, 3.05) is 31.4 Å². The molecule has 1 aromatic rings. The quantitative estimate of drug-likeness (QED) is 0.644. The van der Waals surface area contributed by atoms with Crippen LogP contribution in [-0.2, 0) is 10.2 Å². The minimum absolute atomic E-state index is 0.0819. The van der Waals surface area contributed by atoms with Crippen molar-refractivity contribution in [1.82, 2.24) is 19.6 Å². The molecule has 0 aliphatic heterocycles. The van der Waals surface area contributed by atoms with Gasteiger partial charge in [0.15, 0.2) is 0 Å². The molecule has 1 heterocycles. The Labute approximate surface area is 114 Å². The molecule has 0 fully saturated rings. The van der Waals surface area contributed by atoms with Crippen LogP contribution in [0.25, 0.3) is 0 Å². The highest BCUT2D eigenvalue weighted by atomic mass is 32.2. The number of anilines is 1. The number of nitrogens with one attached hydrogen (secondary N) is 2. The monoisotopic (exact) mass is 287 g/mol. The smallest absolute Gasteiger partial charge is 0.303 e. The lowest BCUT2D eigenvalue weighted by Gasteiger charge is -2.17. The third kappa shape index (κ3) is 5.95. The van der Waals surface area contributed by atoms with Gasteiger partial charge in [-0.2, -0.15) is 12.7 Å². The minimum Gasteiger partial charge on any atom is -0.317 e. The van der Waals surface area contributed by atoms with Crippen LogP contribution < -0.4 is 10.0 Å². The summed E-state index contributed by atoms with van der Waals surface area (Å²) in [6, 6.07) is 1.63. The van der Waals surface area contributed by atoms with Crippen LogP contribution in [0.3, 0.4) is 0 Å². The molecule has 0 radical (unpaired) electrons. The maximum absolute atomic E-state index is 11.9. The van der Waals surface area contributed by atoms with E-state index in [-0.39, 0.29) is 5.95 Å². The third-order valence-corrected chi connectivity index (χ3v) is 3.89. The maximum atomic E-state index is 11.9. The Kier molecular flexibility index (Phi) is 6.68. The second-order valence-electron chi connectivity index (χ2n) is 4.10. The molecule has 0 saturated heterocycles.